The standard InChI is InChI=1S/C21H29N5/c1-15-5-2-3-7-18(15)19-13-24-25-20(19)16-8-11-26(12-9-16)14-17-6-4-10-23-21(17)22/h2-7,10,16,19-20,24-25H,8-9,11-14H2,1H3,(H2,22,23). The van der Waals surface area contributed by atoms with E-state index in [0.29, 0.717) is 23.7 Å². The number of hydrazine groups is 1. The van der Waals surface area contributed by atoms with Crippen molar-refractivity contribution < 1.29 is 0 Å². The molecule has 2 saturated heterocycles. The Morgan fingerprint density at radius 1 is 1.15 bits per heavy atom. The summed E-state index contributed by atoms with van der Waals surface area (Å²) in [5, 5.41) is 0. The minimum atomic E-state index is 0.515. The maximum atomic E-state index is 6.01. The van der Waals surface area contributed by atoms with Gasteiger partial charge < -0.3 is 5.73 Å². The molecule has 2 atom stereocenters. The van der Waals surface area contributed by atoms with E-state index in [4.69, 9.17) is 5.73 Å². The molecule has 0 radical (unpaired) electrons. The quantitative estimate of drug-likeness (QED) is 0.790. The summed E-state index contributed by atoms with van der Waals surface area (Å²) >= 11 is 0. The highest BCUT2D eigenvalue weighted by atomic mass is 15.4. The van der Waals surface area contributed by atoms with Gasteiger partial charge in [-0.05, 0) is 56.0 Å². The fourth-order valence-electron chi connectivity index (χ4n) is 4.56. The number of pyridine rings is 1. The lowest BCUT2D eigenvalue weighted by molar-refractivity contribution is 0.152. The molecule has 26 heavy (non-hydrogen) atoms. The van der Waals surface area contributed by atoms with Gasteiger partial charge in [-0.25, -0.2) is 4.98 Å². The number of rotatable bonds is 4. The van der Waals surface area contributed by atoms with Crippen molar-refractivity contribution in [1.29, 1.82) is 0 Å². The highest BCUT2D eigenvalue weighted by Crippen LogP contribution is 2.34. The molecule has 5 nitrogen and oxygen atoms in total. The van der Waals surface area contributed by atoms with Gasteiger partial charge in [0.25, 0.3) is 0 Å². The van der Waals surface area contributed by atoms with Crippen molar-refractivity contribution in [2.45, 2.75) is 38.3 Å². The van der Waals surface area contributed by atoms with Crippen molar-refractivity contribution in [2.75, 3.05) is 25.4 Å². The third kappa shape index (κ3) is 3.61. The lowest BCUT2D eigenvalue weighted by atomic mass is 9.79. The number of benzene rings is 1. The second-order valence-corrected chi connectivity index (χ2v) is 7.68. The first-order valence-electron chi connectivity index (χ1n) is 9.68. The zero-order valence-corrected chi connectivity index (χ0v) is 15.5. The third-order valence-corrected chi connectivity index (χ3v) is 6.07. The largest absolute Gasteiger partial charge is 0.383 e. The van der Waals surface area contributed by atoms with Crippen molar-refractivity contribution in [2.24, 2.45) is 5.92 Å². The second-order valence-electron chi connectivity index (χ2n) is 7.68. The highest BCUT2D eigenvalue weighted by molar-refractivity contribution is 5.38. The normalized spacial score (nSPS) is 24.8. The van der Waals surface area contributed by atoms with Gasteiger partial charge in [0.05, 0.1) is 0 Å². The maximum absolute atomic E-state index is 6.01. The van der Waals surface area contributed by atoms with Crippen LogP contribution in [-0.4, -0.2) is 35.6 Å². The summed E-state index contributed by atoms with van der Waals surface area (Å²) in [6.07, 6.45) is 4.21. The van der Waals surface area contributed by atoms with E-state index in [1.165, 1.54) is 24.0 Å². The van der Waals surface area contributed by atoms with E-state index >= 15 is 0 Å². The van der Waals surface area contributed by atoms with E-state index < -0.39 is 0 Å². The van der Waals surface area contributed by atoms with E-state index in [0.717, 1.165) is 31.7 Å². The van der Waals surface area contributed by atoms with Crippen LogP contribution in [0.2, 0.25) is 0 Å². The molecule has 0 saturated carbocycles. The lowest BCUT2D eigenvalue weighted by Gasteiger charge is -2.36. The molecule has 1 aromatic carbocycles. The van der Waals surface area contributed by atoms with Crippen molar-refractivity contribution in [3.05, 3.63) is 59.3 Å². The van der Waals surface area contributed by atoms with Crippen LogP contribution >= 0.6 is 0 Å². The summed E-state index contributed by atoms with van der Waals surface area (Å²) in [7, 11) is 0. The molecular weight excluding hydrogens is 322 g/mol. The van der Waals surface area contributed by atoms with E-state index in [1.54, 1.807) is 6.20 Å². The number of aryl methyl sites for hydroxylation is 1. The minimum Gasteiger partial charge on any atom is -0.383 e. The van der Waals surface area contributed by atoms with Gasteiger partial charge in [0, 0.05) is 36.8 Å². The summed E-state index contributed by atoms with van der Waals surface area (Å²) in [5.41, 5.74) is 17.0. The Kier molecular flexibility index (Phi) is 5.20. The number of piperidine rings is 1. The number of aromatic nitrogens is 1. The molecule has 2 aliphatic rings. The molecule has 2 aromatic rings. The highest BCUT2D eigenvalue weighted by Gasteiger charge is 2.36. The Hall–Kier alpha value is -1.95. The van der Waals surface area contributed by atoms with Gasteiger partial charge in [-0.2, -0.15) is 0 Å². The number of nitrogens with zero attached hydrogens (tertiary/aromatic N) is 2. The number of anilines is 1. The number of hydrogen-bond acceptors (Lipinski definition) is 5. The minimum absolute atomic E-state index is 0.515. The SMILES string of the molecule is Cc1ccccc1C1CNNC1C1CCN(Cc2cccnc2N)CC1. The molecule has 138 valence electrons. The first-order chi connectivity index (χ1) is 12.7. The van der Waals surface area contributed by atoms with Crippen LogP contribution in [0.25, 0.3) is 0 Å². The Labute approximate surface area is 156 Å². The predicted molar refractivity (Wildman–Crippen MR) is 105 cm³/mol. The first kappa shape index (κ1) is 17.5. The number of hydrogen-bond donors (Lipinski definition) is 3. The fraction of sp³-hybridized carbons (Fsp3) is 0.476. The number of nitrogens with one attached hydrogen (secondary N) is 2. The number of nitrogens with two attached hydrogens (primary N) is 1. The number of nitrogen functional groups attached to an aromatic ring is 1. The van der Waals surface area contributed by atoms with E-state index in [9.17, 15) is 0 Å². The monoisotopic (exact) mass is 351 g/mol. The van der Waals surface area contributed by atoms with Crippen LogP contribution in [0.3, 0.4) is 0 Å². The molecule has 0 bridgehead atoms. The average molecular weight is 351 g/mol. The van der Waals surface area contributed by atoms with Crippen molar-refractivity contribution >= 4 is 5.82 Å². The van der Waals surface area contributed by atoms with Crippen LogP contribution < -0.4 is 16.6 Å². The lowest BCUT2D eigenvalue weighted by Crippen LogP contribution is -2.44. The van der Waals surface area contributed by atoms with E-state index in [2.05, 4.69) is 58.0 Å². The Morgan fingerprint density at radius 3 is 2.73 bits per heavy atom. The molecule has 0 amide bonds. The second kappa shape index (κ2) is 7.74. The van der Waals surface area contributed by atoms with Gasteiger partial charge in [0.1, 0.15) is 5.82 Å². The van der Waals surface area contributed by atoms with Crippen molar-refractivity contribution in [3.8, 4) is 0 Å². The van der Waals surface area contributed by atoms with E-state index in [1.807, 2.05) is 6.07 Å². The summed E-state index contributed by atoms with van der Waals surface area (Å²) in [6, 6.07) is 13.4. The summed E-state index contributed by atoms with van der Waals surface area (Å²) in [4.78, 5) is 6.72. The van der Waals surface area contributed by atoms with Gasteiger partial charge in [-0.1, -0.05) is 30.3 Å². The van der Waals surface area contributed by atoms with Gasteiger partial charge in [0.2, 0.25) is 0 Å². The molecule has 2 unspecified atom stereocenters. The average Bonchev–Trinajstić information content (AvgIpc) is 3.14. The molecule has 4 rings (SSSR count). The Bertz CT molecular complexity index is 739. The number of likely N-dealkylation sites (tertiary alicyclic amines) is 1. The molecular formula is C21H29N5. The summed E-state index contributed by atoms with van der Waals surface area (Å²) < 4.78 is 0. The van der Waals surface area contributed by atoms with Crippen molar-refractivity contribution in [1.82, 2.24) is 20.7 Å². The zero-order chi connectivity index (χ0) is 17.9. The molecule has 4 N–H and O–H groups in total. The first-order valence-corrected chi connectivity index (χ1v) is 9.68. The van der Waals surface area contributed by atoms with Gasteiger partial charge in [-0.15, -0.1) is 0 Å². The van der Waals surface area contributed by atoms with Crippen LogP contribution in [0.5, 0.6) is 0 Å². The summed E-state index contributed by atoms with van der Waals surface area (Å²) in [5.74, 6) is 1.93. The smallest absolute Gasteiger partial charge is 0.127 e. The van der Waals surface area contributed by atoms with Gasteiger partial charge >= 0.3 is 0 Å². The van der Waals surface area contributed by atoms with Crippen LogP contribution in [-0.2, 0) is 6.54 Å². The Balaban J connectivity index is 1.38. The fourth-order valence-corrected chi connectivity index (χ4v) is 4.56. The molecule has 0 spiro atoms. The third-order valence-electron chi connectivity index (χ3n) is 6.07. The summed E-state index contributed by atoms with van der Waals surface area (Å²) in [6.45, 7) is 6.40. The Morgan fingerprint density at radius 2 is 1.96 bits per heavy atom. The van der Waals surface area contributed by atoms with Crippen LogP contribution in [0.1, 0.15) is 35.4 Å². The van der Waals surface area contributed by atoms with Crippen molar-refractivity contribution in [3.63, 3.8) is 0 Å². The topological polar surface area (TPSA) is 66.2 Å². The maximum Gasteiger partial charge on any atom is 0.127 e. The molecule has 2 fully saturated rings. The molecule has 2 aliphatic heterocycles. The predicted octanol–water partition coefficient (Wildman–Crippen LogP) is 2.44. The van der Waals surface area contributed by atoms with Gasteiger partial charge in [-0.3, -0.25) is 15.8 Å². The molecule has 1 aromatic heterocycles. The van der Waals surface area contributed by atoms with E-state index in [-0.39, 0.29) is 0 Å². The van der Waals surface area contributed by atoms with Gasteiger partial charge in [0.15, 0.2) is 0 Å². The molecule has 5 heteroatoms. The molecule has 0 aliphatic carbocycles. The molecule has 3 heterocycles. The zero-order valence-electron chi connectivity index (χ0n) is 15.5. The van der Waals surface area contributed by atoms with Crippen LogP contribution in [0.15, 0.2) is 42.6 Å². The van der Waals surface area contributed by atoms with Crippen LogP contribution in [0.4, 0.5) is 5.82 Å². The van der Waals surface area contributed by atoms with Crippen LogP contribution in [0, 0.1) is 12.8 Å².